The number of carbonyl (C=O) groups is 1. The molecule has 0 aliphatic rings. The number of benzene rings is 1. The third-order valence-corrected chi connectivity index (χ3v) is 4.99. The van der Waals surface area contributed by atoms with Crippen LogP contribution in [0.2, 0.25) is 10.0 Å². The molecule has 0 unspecified atom stereocenters. The van der Waals surface area contributed by atoms with Gasteiger partial charge in [-0.2, -0.15) is 0 Å². The largest absolute Gasteiger partial charge is 0.397 e. The van der Waals surface area contributed by atoms with Gasteiger partial charge in [0.15, 0.2) is 5.78 Å². The number of anilines is 1. The van der Waals surface area contributed by atoms with Crippen molar-refractivity contribution in [2.75, 3.05) is 5.73 Å². The first-order valence-corrected chi connectivity index (χ1v) is 7.55. The van der Waals surface area contributed by atoms with E-state index >= 15 is 0 Å². The Morgan fingerprint density at radius 1 is 1.24 bits per heavy atom. The maximum atomic E-state index is 11.6. The first-order chi connectivity index (χ1) is 9.99. The second kappa shape index (κ2) is 5.26. The number of nitrogens with zero attached hydrogens (tertiary/aromatic N) is 2. The van der Waals surface area contributed by atoms with Crippen LogP contribution in [0.1, 0.15) is 16.6 Å². The number of thiophene rings is 1. The Morgan fingerprint density at radius 3 is 2.67 bits per heavy atom. The fourth-order valence-electron chi connectivity index (χ4n) is 2.08. The molecule has 0 amide bonds. The highest BCUT2D eigenvalue weighted by Gasteiger charge is 2.18. The number of nitrogens with two attached hydrogens (primary N) is 1. The Morgan fingerprint density at radius 2 is 2.00 bits per heavy atom. The highest BCUT2D eigenvalue weighted by atomic mass is 35.5. The molecule has 0 fully saturated rings. The van der Waals surface area contributed by atoms with E-state index in [1.54, 1.807) is 18.2 Å². The predicted molar refractivity (Wildman–Crippen MR) is 87.3 cm³/mol. The van der Waals surface area contributed by atoms with Crippen molar-refractivity contribution in [3.05, 3.63) is 39.4 Å². The molecule has 2 aromatic heterocycles. The molecule has 3 aromatic rings. The number of nitrogen functional groups attached to an aromatic ring is 1. The summed E-state index contributed by atoms with van der Waals surface area (Å²) in [6, 6.07) is 5.22. The van der Waals surface area contributed by atoms with Crippen LogP contribution in [0.4, 0.5) is 5.69 Å². The van der Waals surface area contributed by atoms with Gasteiger partial charge in [0.05, 0.1) is 31.7 Å². The summed E-state index contributed by atoms with van der Waals surface area (Å²) in [5, 5.41) is 1.57. The number of halogens is 2. The van der Waals surface area contributed by atoms with Crippen LogP contribution in [0.5, 0.6) is 0 Å². The second-order valence-electron chi connectivity index (χ2n) is 4.43. The van der Waals surface area contributed by atoms with E-state index in [-0.39, 0.29) is 5.78 Å². The highest BCUT2D eigenvalue weighted by molar-refractivity contribution is 7.21. The molecular weight excluding hydrogens is 329 g/mol. The van der Waals surface area contributed by atoms with Gasteiger partial charge in [0.25, 0.3) is 0 Å². The molecule has 4 nitrogen and oxygen atoms in total. The summed E-state index contributed by atoms with van der Waals surface area (Å²) in [6.07, 6.45) is 1.44. The molecule has 0 aliphatic carbocycles. The van der Waals surface area contributed by atoms with Gasteiger partial charge in [0.2, 0.25) is 0 Å². The van der Waals surface area contributed by atoms with E-state index in [9.17, 15) is 4.79 Å². The SMILES string of the molecule is CC(=O)c1sc2ncnc(-c3ccc(Cl)c(Cl)c3)c2c1N. The summed E-state index contributed by atoms with van der Waals surface area (Å²) < 4.78 is 0. The van der Waals surface area contributed by atoms with E-state index in [0.717, 1.165) is 5.56 Å². The van der Waals surface area contributed by atoms with E-state index in [1.807, 2.05) is 0 Å². The molecule has 0 atom stereocenters. The average Bonchev–Trinajstić information content (AvgIpc) is 2.80. The van der Waals surface area contributed by atoms with Gasteiger partial charge in [-0.15, -0.1) is 11.3 Å². The first-order valence-electron chi connectivity index (χ1n) is 5.98. The summed E-state index contributed by atoms with van der Waals surface area (Å²) in [6.45, 7) is 1.48. The fourth-order valence-corrected chi connectivity index (χ4v) is 3.33. The highest BCUT2D eigenvalue weighted by Crippen LogP contribution is 2.39. The van der Waals surface area contributed by atoms with Gasteiger partial charge in [0, 0.05) is 12.5 Å². The van der Waals surface area contributed by atoms with Gasteiger partial charge in [-0.05, 0) is 12.1 Å². The van der Waals surface area contributed by atoms with Crippen LogP contribution in [-0.4, -0.2) is 15.8 Å². The van der Waals surface area contributed by atoms with Crippen LogP contribution in [0.3, 0.4) is 0 Å². The number of hydrogen-bond acceptors (Lipinski definition) is 5. The van der Waals surface area contributed by atoms with Crippen molar-refractivity contribution >= 4 is 56.2 Å². The van der Waals surface area contributed by atoms with Crippen LogP contribution in [0.25, 0.3) is 21.5 Å². The van der Waals surface area contributed by atoms with Gasteiger partial charge in [-0.3, -0.25) is 4.79 Å². The molecule has 21 heavy (non-hydrogen) atoms. The molecule has 2 N–H and O–H groups in total. The number of fused-ring (bicyclic) bond motifs is 1. The topological polar surface area (TPSA) is 68.9 Å². The Balaban J connectivity index is 2.32. The third kappa shape index (κ3) is 2.37. The smallest absolute Gasteiger partial charge is 0.171 e. The summed E-state index contributed by atoms with van der Waals surface area (Å²) in [4.78, 5) is 21.3. The van der Waals surface area contributed by atoms with Crippen LogP contribution in [0, 0.1) is 0 Å². The summed E-state index contributed by atoms with van der Waals surface area (Å²) in [7, 11) is 0. The standard InChI is InChI=1S/C14H9Cl2N3OS/c1-6(20)13-11(17)10-12(18-5-19-14(10)21-13)7-2-3-8(15)9(16)4-7/h2-5H,17H2,1H3. The summed E-state index contributed by atoms with van der Waals surface area (Å²) >= 11 is 13.2. The minimum absolute atomic E-state index is 0.0874. The maximum absolute atomic E-state index is 11.6. The minimum Gasteiger partial charge on any atom is -0.397 e. The Labute approximate surface area is 134 Å². The molecule has 0 spiro atoms. The molecular formula is C14H9Cl2N3OS. The number of aromatic nitrogens is 2. The number of carbonyl (C=O) groups excluding carboxylic acids is 1. The van der Waals surface area contributed by atoms with Crippen molar-refractivity contribution in [1.29, 1.82) is 0 Å². The van der Waals surface area contributed by atoms with Crippen molar-refractivity contribution in [2.45, 2.75) is 6.92 Å². The lowest BCUT2D eigenvalue weighted by molar-refractivity contribution is 0.102. The molecule has 0 aliphatic heterocycles. The Hall–Kier alpha value is -1.69. The van der Waals surface area contributed by atoms with Crippen molar-refractivity contribution in [1.82, 2.24) is 9.97 Å². The fraction of sp³-hybridized carbons (Fsp3) is 0.0714. The zero-order valence-electron chi connectivity index (χ0n) is 10.9. The van der Waals surface area contributed by atoms with Gasteiger partial charge in [-0.25, -0.2) is 9.97 Å². The lowest BCUT2D eigenvalue weighted by atomic mass is 10.1. The molecule has 1 aromatic carbocycles. The zero-order chi connectivity index (χ0) is 15.1. The molecule has 3 rings (SSSR count). The van der Waals surface area contributed by atoms with Crippen molar-refractivity contribution in [2.24, 2.45) is 0 Å². The van der Waals surface area contributed by atoms with E-state index in [0.29, 0.717) is 36.5 Å². The van der Waals surface area contributed by atoms with Crippen LogP contribution < -0.4 is 5.73 Å². The van der Waals surface area contributed by atoms with E-state index in [4.69, 9.17) is 28.9 Å². The zero-order valence-corrected chi connectivity index (χ0v) is 13.2. The number of ketones is 1. The van der Waals surface area contributed by atoms with Gasteiger partial charge >= 0.3 is 0 Å². The lowest BCUT2D eigenvalue weighted by Gasteiger charge is -2.05. The van der Waals surface area contributed by atoms with E-state index in [2.05, 4.69) is 9.97 Å². The van der Waals surface area contributed by atoms with Crippen molar-refractivity contribution in [3.63, 3.8) is 0 Å². The summed E-state index contributed by atoms with van der Waals surface area (Å²) in [5.74, 6) is -0.0874. The number of Topliss-reactive ketones (excluding diaryl/α,β-unsaturated/α-hetero) is 1. The summed E-state index contributed by atoms with van der Waals surface area (Å²) in [5.41, 5.74) is 7.92. The van der Waals surface area contributed by atoms with Gasteiger partial charge in [-0.1, -0.05) is 29.3 Å². The van der Waals surface area contributed by atoms with E-state index in [1.165, 1.54) is 24.6 Å². The average molecular weight is 338 g/mol. The van der Waals surface area contributed by atoms with Crippen LogP contribution in [0.15, 0.2) is 24.5 Å². The van der Waals surface area contributed by atoms with E-state index < -0.39 is 0 Å². The monoisotopic (exact) mass is 337 g/mol. The number of hydrogen-bond donors (Lipinski definition) is 1. The molecule has 2 heterocycles. The minimum atomic E-state index is -0.0874. The van der Waals surface area contributed by atoms with Crippen LogP contribution >= 0.6 is 34.5 Å². The predicted octanol–water partition coefficient (Wildman–Crippen LogP) is 4.45. The molecule has 0 radical (unpaired) electrons. The molecule has 7 heteroatoms. The van der Waals surface area contributed by atoms with Crippen molar-refractivity contribution < 1.29 is 4.79 Å². The normalized spacial score (nSPS) is 11.0. The Bertz CT molecular complexity index is 876. The molecule has 0 bridgehead atoms. The Kier molecular flexibility index (Phi) is 3.57. The third-order valence-electron chi connectivity index (χ3n) is 3.04. The quantitative estimate of drug-likeness (QED) is 0.701. The lowest BCUT2D eigenvalue weighted by Crippen LogP contribution is -1.95. The number of rotatable bonds is 2. The van der Waals surface area contributed by atoms with Gasteiger partial charge in [0.1, 0.15) is 11.2 Å². The van der Waals surface area contributed by atoms with Crippen LogP contribution in [-0.2, 0) is 0 Å². The van der Waals surface area contributed by atoms with Crippen molar-refractivity contribution in [3.8, 4) is 11.3 Å². The maximum Gasteiger partial charge on any atom is 0.171 e. The molecule has 0 saturated heterocycles. The first kappa shape index (κ1) is 14.3. The second-order valence-corrected chi connectivity index (χ2v) is 6.25. The molecule has 106 valence electrons. The molecule has 0 saturated carbocycles. The van der Waals surface area contributed by atoms with Gasteiger partial charge < -0.3 is 5.73 Å².